The lowest BCUT2D eigenvalue weighted by atomic mass is 9.71. The molecule has 0 radical (unpaired) electrons. The molecule has 1 aliphatic rings. The third-order valence-electron chi connectivity index (χ3n) is 3.89. The second kappa shape index (κ2) is 5.94. The maximum absolute atomic E-state index is 12.0. The maximum atomic E-state index is 12.0. The Bertz CT molecular complexity index is 455. The van der Waals surface area contributed by atoms with E-state index in [2.05, 4.69) is 31.9 Å². The minimum absolute atomic E-state index is 0.198. The molecule has 19 heavy (non-hydrogen) atoms. The molecule has 1 atom stereocenters. The Balaban J connectivity index is 1.90. The fourth-order valence-electron chi connectivity index (χ4n) is 2.86. The van der Waals surface area contributed by atoms with Crippen LogP contribution in [0.5, 0.6) is 0 Å². The summed E-state index contributed by atoms with van der Waals surface area (Å²) in [5, 5.41) is 0. The number of rotatable bonds is 4. The number of nitrogens with zero attached hydrogens (tertiary/aromatic N) is 1. The van der Waals surface area contributed by atoms with Gasteiger partial charge in [-0.25, -0.2) is 0 Å². The van der Waals surface area contributed by atoms with E-state index in [0.29, 0.717) is 11.2 Å². The molecule has 0 aliphatic heterocycles. The minimum Gasteiger partial charge on any atom is -0.301 e. The second-order valence-corrected chi connectivity index (χ2v) is 8.23. The Morgan fingerprint density at radius 3 is 2.84 bits per heavy atom. The summed E-state index contributed by atoms with van der Waals surface area (Å²) in [6.45, 7) is 6.27. The minimum atomic E-state index is 0.198. The van der Waals surface area contributed by atoms with E-state index in [4.69, 9.17) is 11.6 Å². The van der Waals surface area contributed by atoms with Gasteiger partial charge >= 0.3 is 0 Å². The molecular weight excluding hydrogens is 278 g/mol. The van der Waals surface area contributed by atoms with Crippen LogP contribution in [0.2, 0.25) is 4.34 Å². The van der Waals surface area contributed by atoms with Gasteiger partial charge in [0.2, 0.25) is 0 Å². The molecule has 0 N–H and O–H groups in total. The zero-order chi connectivity index (χ0) is 14.0. The van der Waals surface area contributed by atoms with Gasteiger partial charge in [-0.2, -0.15) is 0 Å². The molecule has 0 aromatic carbocycles. The van der Waals surface area contributed by atoms with Gasteiger partial charge in [0, 0.05) is 30.3 Å². The number of ketones is 1. The highest BCUT2D eigenvalue weighted by atomic mass is 35.5. The van der Waals surface area contributed by atoms with E-state index < -0.39 is 0 Å². The van der Waals surface area contributed by atoms with Crippen molar-refractivity contribution in [2.45, 2.75) is 39.7 Å². The van der Waals surface area contributed by atoms with Gasteiger partial charge in [-0.15, -0.1) is 11.3 Å². The Kier molecular flexibility index (Phi) is 4.70. The molecule has 1 aliphatic carbocycles. The molecule has 0 bridgehead atoms. The fraction of sp³-hybridized carbons (Fsp3) is 0.667. The number of hydrogen-bond donors (Lipinski definition) is 0. The van der Waals surface area contributed by atoms with Gasteiger partial charge in [-0.1, -0.05) is 25.4 Å². The Morgan fingerprint density at radius 1 is 1.47 bits per heavy atom. The van der Waals surface area contributed by atoms with Crippen LogP contribution >= 0.6 is 22.9 Å². The molecule has 0 saturated heterocycles. The van der Waals surface area contributed by atoms with Crippen LogP contribution in [0.1, 0.15) is 38.0 Å². The van der Waals surface area contributed by atoms with Gasteiger partial charge in [0.25, 0.3) is 0 Å². The molecule has 2 rings (SSSR count). The zero-order valence-electron chi connectivity index (χ0n) is 11.9. The fourth-order valence-corrected chi connectivity index (χ4v) is 4.03. The summed E-state index contributed by atoms with van der Waals surface area (Å²) >= 11 is 7.56. The van der Waals surface area contributed by atoms with Gasteiger partial charge in [0.05, 0.1) is 4.34 Å². The first-order valence-electron chi connectivity index (χ1n) is 6.81. The first-order valence-corrected chi connectivity index (χ1v) is 8.01. The van der Waals surface area contributed by atoms with Crippen molar-refractivity contribution in [3.05, 3.63) is 21.3 Å². The van der Waals surface area contributed by atoms with Crippen LogP contribution < -0.4 is 0 Å². The SMILES string of the molecule is CN(Cc1ccc(Cl)s1)CC1CC(C)(C)CCC1=O. The third kappa shape index (κ3) is 4.30. The van der Waals surface area contributed by atoms with E-state index in [-0.39, 0.29) is 5.92 Å². The summed E-state index contributed by atoms with van der Waals surface area (Å²) in [4.78, 5) is 15.5. The highest BCUT2D eigenvalue weighted by Crippen LogP contribution is 2.37. The Labute approximate surface area is 124 Å². The second-order valence-electron chi connectivity index (χ2n) is 6.43. The average molecular weight is 300 g/mol. The first kappa shape index (κ1) is 15.0. The number of thiophene rings is 1. The van der Waals surface area contributed by atoms with Crippen LogP contribution in [-0.2, 0) is 11.3 Å². The van der Waals surface area contributed by atoms with Crippen LogP contribution in [0.15, 0.2) is 12.1 Å². The third-order valence-corrected chi connectivity index (χ3v) is 5.11. The van der Waals surface area contributed by atoms with Crippen molar-refractivity contribution in [3.63, 3.8) is 0 Å². The van der Waals surface area contributed by atoms with Crippen LogP contribution in [0, 0.1) is 11.3 Å². The first-order chi connectivity index (χ1) is 8.85. The summed E-state index contributed by atoms with van der Waals surface area (Å²) in [6, 6.07) is 4.00. The molecule has 4 heteroatoms. The predicted octanol–water partition coefficient (Wildman–Crippen LogP) is 4.23. The van der Waals surface area contributed by atoms with Crippen LogP contribution in [0.4, 0.5) is 0 Å². The Morgan fingerprint density at radius 2 is 2.21 bits per heavy atom. The van der Waals surface area contributed by atoms with E-state index in [1.165, 1.54) is 4.88 Å². The molecule has 1 aromatic heterocycles. The number of Topliss-reactive ketones (excluding diaryl/α,β-unsaturated/α-hetero) is 1. The molecule has 1 saturated carbocycles. The summed E-state index contributed by atoms with van der Waals surface area (Å²) in [7, 11) is 2.09. The van der Waals surface area contributed by atoms with Crippen molar-refractivity contribution in [1.29, 1.82) is 0 Å². The number of halogens is 1. The Hall–Kier alpha value is -0.380. The maximum Gasteiger partial charge on any atom is 0.137 e. The van der Waals surface area contributed by atoms with Crippen LogP contribution in [-0.4, -0.2) is 24.3 Å². The number of carbonyl (C=O) groups excluding carboxylic acids is 1. The molecule has 0 amide bonds. The average Bonchev–Trinajstić information content (AvgIpc) is 2.69. The van der Waals surface area contributed by atoms with E-state index in [1.807, 2.05) is 6.07 Å². The van der Waals surface area contributed by atoms with Crippen LogP contribution in [0.25, 0.3) is 0 Å². The summed E-state index contributed by atoms with van der Waals surface area (Å²) in [5.74, 6) is 0.638. The molecule has 1 aromatic rings. The lowest BCUT2D eigenvalue weighted by Crippen LogP contribution is -2.37. The quantitative estimate of drug-likeness (QED) is 0.829. The highest BCUT2D eigenvalue weighted by molar-refractivity contribution is 7.16. The normalized spacial score (nSPS) is 23.0. The predicted molar refractivity (Wildman–Crippen MR) is 81.8 cm³/mol. The van der Waals surface area contributed by atoms with Crippen molar-refractivity contribution in [2.24, 2.45) is 11.3 Å². The van der Waals surface area contributed by atoms with Crippen molar-refractivity contribution >= 4 is 28.7 Å². The van der Waals surface area contributed by atoms with Crippen molar-refractivity contribution in [1.82, 2.24) is 4.90 Å². The number of hydrogen-bond acceptors (Lipinski definition) is 3. The highest BCUT2D eigenvalue weighted by Gasteiger charge is 2.33. The monoisotopic (exact) mass is 299 g/mol. The number of carbonyl (C=O) groups is 1. The van der Waals surface area contributed by atoms with E-state index in [0.717, 1.165) is 36.7 Å². The van der Waals surface area contributed by atoms with Gasteiger partial charge in [-0.3, -0.25) is 4.79 Å². The molecular formula is C15H22ClNOS. The molecule has 1 heterocycles. The van der Waals surface area contributed by atoms with Gasteiger partial charge in [-0.05, 0) is 37.4 Å². The van der Waals surface area contributed by atoms with E-state index >= 15 is 0 Å². The molecule has 0 spiro atoms. The summed E-state index contributed by atoms with van der Waals surface area (Å²) in [6.07, 6.45) is 2.80. The lowest BCUT2D eigenvalue weighted by Gasteiger charge is -2.35. The van der Waals surface area contributed by atoms with Crippen molar-refractivity contribution in [3.8, 4) is 0 Å². The van der Waals surface area contributed by atoms with Gasteiger partial charge < -0.3 is 4.90 Å². The van der Waals surface area contributed by atoms with E-state index in [1.54, 1.807) is 11.3 Å². The molecule has 1 unspecified atom stereocenters. The molecule has 1 fully saturated rings. The summed E-state index contributed by atoms with van der Waals surface area (Å²) < 4.78 is 0.832. The van der Waals surface area contributed by atoms with E-state index in [9.17, 15) is 4.79 Å². The van der Waals surface area contributed by atoms with Crippen molar-refractivity contribution < 1.29 is 4.79 Å². The summed E-state index contributed by atoms with van der Waals surface area (Å²) in [5.41, 5.74) is 0.311. The lowest BCUT2D eigenvalue weighted by molar-refractivity contribution is -0.127. The zero-order valence-corrected chi connectivity index (χ0v) is 13.5. The van der Waals surface area contributed by atoms with Gasteiger partial charge in [0.1, 0.15) is 5.78 Å². The molecule has 106 valence electrons. The topological polar surface area (TPSA) is 20.3 Å². The standard InChI is InChI=1S/C15H22ClNOS/c1-15(2)7-6-13(18)11(8-15)9-17(3)10-12-4-5-14(16)19-12/h4-5,11H,6-10H2,1-3H3. The largest absolute Gasteiger partial charge is 0.301 e. The van der Waals surface area contributed by atoms with Gasteiger partial charge in [0.15, 0.2) is 0 Å². The smallest absolute Gasteiger partial charge is 0.137 e. The molecule has 2 nitrogen and oxygen atoms in total. The van der Waals surface area contributed by atoms with Crippen molar-refractivity contribution in [2.75, 3.05) is 13.6 Å². The van der Waals surface area contributed by atoms with Crippen LogP contribution in [0.3, 0.4) is 0 Å².